The van der Waals surface area contributed by atoms with Crippen molar-refractivity contribution in [2.75, 3.05) is 0 Å². The molecule has 1 N–H and O–H groups in total. The average molecular weight is 536 g/mol. The minimum Gasteiger partial charge on any atom is -0.487 e. The van der Waals surface area contributed by atoms with Crippen molar-refractivity contribution in [3.63, 3.8) is 0 Å². The fourth-order valence-electron chi connectivity index (χ4n) is 4.13. The number of carbonyl (C=O) groups is 1. The summed E-state index contributed by atoms with van der Waals surface area (Å²) in [7, 11) is 0. The van der Waals surface area contributed by atoms with Gasteiger partial charge in [-0.15, -0.1) is 0 Å². The van der Waals surface area contributed by atoms with Crippen molar-refractivity contribution in [3.05, 3.63) is 62.0 Å². The van der Waals surface area contributed by atoms with Gasteiger partial charge in [-0.05, 0) is 105 Å². The van der Waals surface area contributed by atoms with E-state index in [1.54, 1.807) is 12.1 Å². The zero-order valence-electron chi connectivity index (χ0n) is 17.9. The number of benzene rings is 2. The molecule has 0 heterocycles. The third-order valence-electron chi connectivity index (χ3n) is 5.23. The second kappa shape index (κ2) is 9.65. The van der Waals surface area contributed by atoms with E-state index >= 15 is 0 Å². The van der Waals surface area contributed by atoms with Gasteiger partial charge in [-0.2, -0.15) is 5.10 Å². The van der Waals surface area contributed by atoms with Crippen LogP contribution in [0.1, 0.15) is 61.5 Å². The summed E-state index contributed by atoms with van der Waals surface area (Å²) in [6.07, 6.45) is 3.07. The maximum Gasteiger partial charge on any atom is 0.271 e. The number of carbonyl (C=O) groups excluding carboxylic acids is 1. The molecule has 3 rings (SSSR count). The molecule has 4 nitrogen and oxygen atoms in total. The van der Waals surface area contributed by atoms with E-state index in [1.807, 2.05) is 31.2 Å². The third-order valence-corrected chi connectivity index (χ3v) is 6.40. The molecule has 1 saturated carbocycles. The fraction of sp³-hybridized carbons (Fsp3) is 0.417. The number of nitrogens with zero attached hydrogens (tertiary/aromatic N) is 1. The molecule has 1 aliphatic carbocycles. The summed E-state index contributed by atoms with van der Waals surface area (Å²) in [5.41, 5.74) is 6.76. The number of aryl methyl sites for hydroxylation is 1. The lowest BCUT2D eigenvalue weighted by molar-refractivity contribution is 0.0954. The molecule has 2 aromatic rings. The molecule has 0 radical (unpaired) electrons. The zero-order valence-corrected chi connectivity index (χ0v) is 21.1. The second-order valence-corrected chi connectivity index (χ2v) is 10.7. The Hall–Kier alpha value is -1.66. The summed E-state index contributed by atoms with van der Waals surface area (Å²) in [5, 5.41) is 4.41. The second-order valence-electron chi connectivity index (χ2n) is 9.02. The van der Waals surface area contributed by atoms with E-state index < -0.39 is 0 Å². The molecule has 0 aliphatic heterocycles. The van der Waals surface area contributed by atoms with Gasteiger partial charge in [0.25, 0.3) is 5.91 Å². The highest BCUT2D eigenvalue weighted by atomic mass is 79.9. The van der Waals surface area contributed by atoms with Crippen LogP contribution in [0.15, 0.2) is 50.4 Å². The number of hydrazone groups is 1. The van der Waals surface area contributed by atoms with Crippen LogP contribution in [0.4, 0.5) is 0 Å². The highest BCUT2D eigenvalue weighted by molar-refractivity contribution is 9.11. The summed E-state index contributed by atoms with van der Waals surface area (Å²) in [6, 6.07) is 11.5. The van der Waals surface area contributed by atoms with Gasteiger partial charge in [-0.3, -0.25) is 4.79 Å². The van der Waals surface area contributed by atoms with Gasteiger partial charge < -0.3 is 4.74 Å². The van der Waals surface area contributed by atoms with Gasteiger partial charge in [-0.25, -0.2) is 5.43 Å². The standard InChI is InChI=1S/C24H28Br2N2O2/c1-15-10-20(25)22(21(26)11-15)30-14-17-5-7-18(8-6-17)23(29)28-27-19-9-16(2)12-24(3,4)13-19/h5-8,10-11,16H,9,12-14H2,1-4H3,(H,28,29)/b27-19+/t16-/m1/s1. The monoisotopic (exact) mass is 534 g/mol. The van der Waals surface area contributed by atoms with Crippen LogP contribution in [-0.2, 0) is 6.61 Å². The van der Waals surface area contributed by atoms with Gasteiger partial charge >= 0.3 is 0 Å². The van der Waals surface area contributed by atoms with E-state index in [0.717, 1.165) is 44.4 Å². The lowest BCUT2D eigenvalue weighted by Gasteiger charge is -2.34. The van der Waals surface area contributed by atoms with Crippen molar-refractivity contribution >= 4 is 43.5 Å². The van der Waals surface area contributed by atoms with Crippen LogP contribution in [0.3, 0.4) is 0 Å². The molecular weight excluding hydrogens is 508 g/mol. The lowest BCUT2D eigenvalue weighted by Crippen LogP contribution is -2.30. The van der Waals surface area contributed by atoms with Crippen molar-refractivity contribution < 1.29 is 9.53 Å². The maximum absolute atomic E-state index is 12.5. The zero-order chi connectivity index (χ0) is 21.9. The predicted octanol–water partition coefficient (Wildman–Crippen LogP) is 7.03. The summed E-state index contributed by atoms with van der Waals surface area (Å²) in [6.45, 7) is 9.21. The van der Waals surface area contributed by atoms with Crippen molar-refractivity contribution in [1.29, 1.82) is 0 Å². The Labute approximate surface area is 195 Å². The van der Waals surface area contributed by atoms with Gasteiger partial charge in [0.05, 0.1) is 8.95 Å². The summed E-state index contributed by atoms with van der Waals surface area (Å²) in [4.78, 5) is 12.5. The van der Waals surface area contributed by atoms with Crippen LogP contribution in [0.5, 0.6) is 5.75 Å². The first-order chi connectivity index (χ1) is 14.1. The van der Waals surface area contributed by atoms with E-state index in [2.05, 4.69) is 63.2 Å². The Morgan fingerprint density at radius 3 is 2.43 bits per heavy atom. The highest BCUT2D eigenvalue weighted by Gasteiger charge is 2.29. The fourth-order valence-corrected chi connectivity index (χ4v) is 5.77. The number of hydrogen-bond donors (Lipinski definition) is 1. The van der Waals surface area contributed by atoms with Crippen molar-refractivity contribution in [2.24, 2.45) is 16.4 Å². The van der Waals surface area contributed by atoms with Gasteiger partial charge in [0.1, 0.15) is 12.4 Å². The number of halogens is 2. The number of hydrogen-bond acceptors (Lipinski definition) is 3. The summed E-state index contributed by atoms with van der Waals surface area (Å²) in [5.74, 6) is 1.18. The van der Waals surface area contributed by atoms with Crippen molar-refractivity contribution in [3.8, 4) is 5.75 Å². The molecule has 0 saturated heterocycles. The molecule has 0 bridgehead atoms. The average Bonchev–Trinajstić information content (AvgIpc) is 2.64. The Morgan fingerprint density at radius 1 is 1.20 bits per heavy atom. The van der Waals surface area contributed by atoms with E-state index in [4.69, 9.17) is 4.74 Å². The molecule has 0 unspecified atom stereocenters. The Balaban J connectivity index is 1.59. The van der Waals surface area contributed by atoms with Crippen molar-refractivity contribution in [1.82, 2.24) is 5.43 Å². The molecule has 30 heavy (non-hydrogen) atoms. The molecule has 1 amide bonds. The topological polar surface area (TPSA) is 50.7 Å². The van der Waals surface area contributed by atoms with Gasteiger partial charge in [0, 0.05) is 11.3 Å². The highest BCUT2D eigenvalue weighted by Crippen LogP contribution is 2.37. The van der Waals surface area contributed by atoms with E-state index in [-0.39, 0.29) is 11.3 Å². The van der Waals surface area contributed by atoms with E-state index in [9.17, 15) is 4.79 Å². The van der Waals surface area contributed by atoms with Crippen LogP contribution < -0.4 is 10.2 Å². The van der Waals surface area contributed by atoms with Crippen LogP contribution in [-0.4, -0.2) is 11.6 Å². The van der Waals surface area contributed by atoms with Crippen LogP contribution in [0.25, 0.3) is 0 Å². The smallest absolute Gasteiger partial charge is 0.271 e. The first kappa shape index (κ1) is 23.0. The van der Waals surface area contributed by atoms with Gasteiger partial charge in [0.2, 0.25) is 0 Å². The van der Waals surface area contributed by atoms with Crippen molar-refractivity contribution in [2.45, 2.75) is 53.6 Å². The van der Waals surface area contributed by atoms with Crippen LogP contribution in [0.2, 0.25) is 0 Å². The molecule has 160 valence electrons. The number of nitrogens with one attached hydrogen (secondary N) is 1. The van der Waals surface area contributed by atoms with Crippen LogP contribution >= 0.6 is 31.9 Å². The molecular formula is C24H28Br2N2O2. The Kier molecular flexibility index (Phi) is 7.40. The molecule has 6 heteroatoms. The maximum atomic E-state index is 12.5. The molecule has 0 aromatic heterocycles. The summed E-state index contributed by atoms with van der Waals surface area (Å²) < 4.78 is 7.76. The minimum absolute atomic E-state index is 0.185. The molecule has 1 aliphatic rings. The number of ether oxygens (including phenoxy) is 1. The normalized spacial score (nSPS) is 19.5. The first-order valence-electron chi connectivity index (χ1n) is 10.2. The SMILES string of the molecule is Cc1cc(Br)c(OCc2ccc(C(=O)N/N=C3\C[C@@H](C)CC(C)(C)C3)cc2)c(Br)c1. The summed E-state index contributed by atoms with van der Waals surface area (Å²) >= 11 is 7.08. The lowest BCUT2D eigenvalue weighted by atomic mass is 9.72. The Morgan fingerprint density at radius 2 is 1.83 bits per heavy atom. The quantitative estimate of drug-likeness (QED) is 0.418. The third kappa shape index (κ3) is 6.17. The predicted molar refractivity (Wildman–Crippen MR) is 129 cm³/mol. The van der Waals surface area contributed by atoms with Crippen LogP contribution in [0, 0.1) is 18.3 Å². The van der Waals surface area contributed by atoms with E-state index in [0.29, 0.717) is 18.1 Å². The number of rotatable bonds is 5. The van der Waals surface area contributed by atoms with Gasteiger partial charge in [0.15, 0.2) is 0 Å². The first-order valence-corrected chi connectivity index (χ1v) is 11.7. The minimum atomic E-state index is -0.185. The molecule has 2 aromatic carbocycles. The largest absolute Gasteiger partial charge is 0.487 e. The number of amides is 1. The molecule has 1 fully saturated rings. The van der Waals surface area contributed by atoms with E-state index in [1.165, 1.54) is 6.42 Å². The molecule has 1 atom stereocenters. The molecule has 0 spiro atoms. The Bertz CT molecular complexity index is 929. The van der Waals surface area contributed by atoms with Gasteiger partial charge in [-0.1, -0.05) is 32.9 Å².